The third-order valence-electron chi connectivity index (χ3n) is 4.61. The lowest BCUT2D eigenvalue weighted by atomic mass is 9.91. The van der Waals surface area contributed by atoms with Gasteiger partial charge in [-0.1, -0.05) is 6.92 Å². The lowest BCUT2D eigenvalue weighted by Crippen LogP contribution is -2.37. The number of methoxy groups -OCH3 is 1. The highest BCUT2D eigenvalue weighted by Crippen LogP contribution is 2.37. The molecule has 0 aromatic carbocycles. The Morgan fingerprint density at radius 1 is 1.42 bits per heavy atom. The predicted molar refractivity (Wildman–Crippen MR) is 88.7 cm³/mol. The van der Waals surface area contributed by atoms with Crippen LogP contribution in [0.1, 0.15) is 37.3 Å². The number of hydrogen-bond donors (Lipinski definition) is 0. The average Bonchev–Trinajstić information content (AvgIpc) is 3.26. The molecule has 1 fully saturated rings. The number of fused-ring (bicyclic) bond motifs is 1. The van der Waals surface area contributed by atoms with Crippen LogP contribution in [0, 0.1) is 5.92 Å². The molecule has 4 heterocycles. The molecule has 0 saturated carbocycles. The van der Waals surface area contributed by atoms with Crippen molar-refractivity contribution < 1.29 is 9.15 Å². The van der Waals surface area contributed by atoms with Crippen molar-refractivity contribution in [1.82, 2.24) is 19.6 Å². The maximum absolute atomic E-state index is 5.72. The number of anilines is 1. The molecule has 1 saturated heterocycles. The van der Waals surface area contributed by atoms with Crippen LogP contribution >= 0.6 is 0 Å². The minimum absolute atomic E-state index is 0.189. The monoisotopic (exact) mass is 327 g/mol. The number of rotatable bonds is 4. The first-order chi connectivity index (χ1) is 11.8. The molecule has 0 radical (unpaired) electrons. The van der Waals surface area contributed by atoms with Gasteiger partial charge in [-0.3, -0.25) is 0 Å². The predicted octanol–water partition coefficient (Wildman–Crippen LogP) is 2.84. The van der Waals surface area contributed by atoms with Crippen LogP contribution in [0.25, 0.3) is 5.78 Å². The van der Waals surface area contributed by atoms with Gasteiger partial charge in [0.1, 0.15) is 17.9 Å². The van der Waals surface area contributed by atoms with Crippen LogP contribution in [0.15, 0.2) is 35.2 Å². The molecule has 126 valence electrons. The molecule has 1 aliphatic heterocycles. The Kier molecular flexibility index (Phi) is 3.93. The topological polar surface area (TPSA) is 68.7 Å². The third kappa shape index (κ3) is 2.65. The number of nitrogens with zero attached hydrogens (tertiary/aromatic N) is 5. The van der Waals surface area contributed by atoms with Crippen LogP contribution in [-0.4, -0.2) is 33.2 Å². The van der Waals surface area contributed by atoms with E-state index in [0.717, 1.165) is 36.7 Å². The lowest BCUT2D eigenvalue weighted by Gasteiger charge is -2.38. The summed E-state index contributed by atoms with van der Waals surface area (Å²) in [4.78, 5) is 11.1. The highest BCUT2D eigenvalue weighted by molar-refractivity contribution is 5.49. The van der Waals surface area contributed by atoms with Gasteiger partial charge in [0.2, 0.25) is 0 Å². The highest BCUT2D eigenvalue weighted by atomic mass is 16.5. The van der Waals surface area contributed by atoms with E-state index in [1.807, 2.05) is 18.2 Å². The number of hydrogen-bond acceptors (Lipinski definition) is 6. The van der Waals surface area contributed by atoms with Gasteiger partial charge in [0.25, 0.3) is 5.78 Å². The first-order valence-electron chi connectivity index (χ1n) is 8.25. The fraction of sp³-hybridized carbons (Fsp3) is 0.471. The van der Waals surface area contributed by atoms with Crippen molar-refractivity contribution >= 4 is 11.6 Å². The minimum atomic E-state index is 0.189. The summed E-state index contributed by atoms with van der Waals surface area (Å²) in [6.07, 6.45) is 5.46. The summed E-state index contributed by atoms with van der Waals surface area (Å²) in [7, 11) is 1.67. The quantitative estimate of drug-likeness (QED) is 0.734. The minimum Gasteiger partial charge on any atom is -0.467 e. The van der Waals surface area contributed by atoms with Crippen molar-refractivity contribution in [3.05, 3.63) is 42.2 Å². The second-order valence-corrected chi connectivity index (χ2v) is 6.36. The summed E-state index contributed by atoms with van der Waals surface area (Å²) < 4.78 is 12.8. The number of ether oxygens (including phenoxy) is 1. The molecule has 3 aromatic rings. The summed E-state index contributed by atoms with van der Waals surface area (Å²) in [5, 5.41) is 4.36. The van der Waals surface area contributed by atoms with Crippen LogP contribution in [0.2, 0.25) is 0 Å². The SMILES string of the molecule is COCc1cc(N2CC[C@@H](C)C[C@@H]2c2ccco2)n2ncnc2n1. The fourth-order valence-corrected chi connectivity index (χ4v) is 3.44. The Morgan fingerprint density at radius 2 is 2.33 bits per heavy atom. The third-order valence-corrected chi connectivity index (χ3v) is 4.61. The lowest BCUT2D eigenvalue weighted by molar-refractivity contribution is 0.181. The van der Waals surface area contributed by atoms with E-state index in [1.54, 1.807) is 17.9 Å². The van der Waals surface area contributed by atoms with Crippen LogP contribution < -0.4 is 4.90 Å². The second kappa shape index (κ2) is 6.24. The van der Waals surface area contributed by atoms with Crippen molar-refractivity contribution in [2.24, 2.45) is 5.92 Å². The van der Waals surface area contributed by atoms with Gasteiger partial charge in [-0.25, -0.2) is 4.98 Å². The Hall–Kier alpha value is -2.41. The summed E-state index contributed by atoms with van der Waals surface area (Å²) in [5.74, 6) is 3.22. The summed E-state index contributed by atoms with van der Waals surface area (Å²) >= 11 is 0. The first-order valence-corrected chi connectivity index (χ1v) is 8.25. The van der Waals surface area contributed by atoms with Crippen LogP contribution in [0.5, 0.6) is 0 Å². The van der Waals surface area contributed by atoms with E-state index in [1.165, 1.54) is 6.33 Å². The number of furan rings is 1. The van der Waals surface area contributed by atoms with Crippen molar-refractivity contribution in [2.45, 2.75) is 32.4 Å². The maximum atomic E-state index is 5.72. The number of piperidine rings is 1. The molecule has 1 aliphatic rings. The molecule has 7 nitrogen and oxygen atoms in total. The number of aromatic nitrogens is 4. The molecule has 4 rings (SSSR count). The van der Waals surface area contributed by atoms with Gasteiger partial charge < -0.3 is 14.1 Å². The van der Waals surface area contributed by atoms with Gasteiger partial charge in [0, 0.05) is 19.7 Å². The molecule has 0 aliphatic carbocycles. The van der Waals surface area contributed by atoms with Gasteiger partial charge in [-0.15, -0.1) is 0 Å². The average molecular weight is 327 g/mol. The molecular weight excluding hydrogens is 306 g/mol. The highest BCUT2D eigenvalue weighted by Gasteiger charge is 2.31. The van der Waals surface area contributed by atoms with Crippen LogP contribution in [0.4, 0.5) is 5.82 Å². The van der Waals surface area contributed by atoms with Crippen LogP contribution in [-0.2, 0) is 11.3 Å². The smallest absolute Gasteiger partial charge is 0.254 e. The van der Waals surface area contributed by atoms with Crippen molar-refractivity contribution in [3.8, 4) is 0 Å². The summed E-state index contributed by atoms with van der Waals surface area (Å²) in [6, 6.07) is 6.22. The molecular formula is C17H21N5O2. The Bertz CT molecular complexity index is 814. The zero-order valence-electron chi connectivity index (χ0n) is 13.9. The fourth-order valence-electron chi connectivity index (χ4n) is 3.44. The van der Waals surface area contributed by atoms with Gasteiger partial charge >= 0.3 is 0 Å². The van der Waals surface area contributed by atoms with E-state index < -0.39 is 0 Å². The molecule has 7 heteroatoms. The first kappa shape index (κ1) is 15.1. The summed E-state index contributed by atoms with van der Waals surface area (Å²) in [6.45, 7) is 3.69. The van der Waals surface area contributed by atoms with E-state index in [9.17, 15) is 0 Å². The second-order valence-electron chi connectivity index (χ2n) is 6.36. The van der Waals surface area contributed by atoms with Gasteiger partial charge in [-0.2, -0.15) is 14.6 Å². The van der Waals surface area contributed by atoms with E-state index in [4.69, 9.17) is 9.15 Å². The molecule has 0 bridgehead atoms. The van der Waals surface area contributed by atoms with Gasteiger partial charge in [0.15, 0.2) is 0 Å². The van der Waals surface area contributed by atoms with Crippen molar-refractivity contribution in [1.29, 1.82) is 0 Å². The Morgan fingerprint density at radius 3 is 3.12 bits per heavy atom. The largest absolute Gasteiger partial charge is 0.467 e. The zero-order chi connectivity index (χ0) is 16.5. The van der Waals surface area contributed by atoms with Gasteiger partial charge in [0.05, 0.1) is 24.6 Å². The normalized spacial score (nSPS) is 21.5. The molecule has 2 atom stereocenters. The van der Waals surface area contributed by atoms with Gasteiger partial charge in [-0.05, 0) is 30.9 Å². The maximum Gasteiger partial charge on any atom is 0.254 e. The Balaban J connectivity index is 1.80. The van der Waals surface area contributed by atoms with E-state index in [2.05, 4.69) is 26.9 Å². The van der Waals surface area contributed by atoms with Crippen LogP contribution in [0.3, 0.4) is 0 Å². The van der Waals surface area contributed by atoms with Crippen molar-refractivity contribution in [2.75, 3.05) is 18.6 Å². The molecule has 0 amide bonds. The van der Waals surface area contributed by atoms with Crippen molar-refractivity contribution in [3.63, 3.8) is 0 Å². The van der Waals surface area contributed by atoms with E-state index in [0.29, 0.717) is 18.3 Å². The summed E-state index contributed by atoms with van der Waals surface area (Å²) in [5.41, 5.74) is 0.852. The molecule has 0 unspecified atom stereocenters. The van der Waals surface area contributed by atoms with E-state index >= 15 is 0 Å². The zero-order valence-corrected chi connectivity index (χ0v) is 13.9. The molecule has 0 spiro atoms. The molecule has 24 heavy (non-hydrogen) atoms. The molecule has 0 N–H and O–H groups in total. The molecule has 3 aromatic heterocycles. The standard InChI is InChI=1S/C17H21N5O2/c1-12-5-6-21(14(8-12)15-4-3-7-24-15)16-9-13(10-23-2)20-17-18-11-19-22(16)17/h3-4,7,9,11-12,14H,5-6,8,10H2,1-2H3/t12-,14-/m1/s1. The Labute approximate surface area is 140 Å². The van der Waals surface area contributed by atoms with E-state index in [-0.39, 0.29) is 6.04 Å².